The lowest BCUT2D eigenvalue weighted by atomic mass is 9.67. The molecule has 0 atom stereocenters. The lowest BCUT2D eigenvalue weighted by Gasteiger charge is -2.41. The van der Waals surface area contributed by atoms with E-state index in [0.29, 0.717) is 5.41 Å². The Balaban J connectivity index is 1.91. The van der Waals surface area contributed by atoms with E-state index in [0.717, 1.165) is 0 Å². The van der Waals surface area contributed by atoms with Gasteiger partial charge in [0.1, 0.15) is 0 Å². The fraction of sp³-hybridized carbons (Fsp3) is 0.818. The maximum absolute atomic E-state index is 3.66. The molecule has 0 aromatic heterocycles. The van der Waals surface area contributed by atoms with Gasteiger partial charge in [-0.1, -0.05) is 34.0 Å². The van der Waals surface area contributed by atoms with Crippen LogP contribution in [-0.4, -0.2) is 5.33 Å². The molecular formula is C11H17Br. The van der Waals surface area contributed by atoms with Gasteiger partial charge in [-0.2, -0.15) is 0 Å². The van der Waals surface area contributed by atoms with Crippen LogP contribution in [-0.2, 0) is 0 Å². The van der Waals surface area contributed by atoms with Crippen LogP contribution in [0.1, 0.15) is 44.9 Å². The van der Waals surface area contributed by atoms with Crippen LogP contribution in [0.15, 0.2) is 11.6 Å². The van der Waals surface area contributed by atoms with Gasteiger partial charge in [-0.25, -0.2) is 0 Å². The Morgan fingerprint density at radius 3 is 2.58 bits per heavy atom. The van der Waals surface area contributed by atoms with E-state index in [2.05, 4.69) is 22.0 Å². The molecule has 2 aliphatic rings. The Labute approximate surface area is 83.6 Å². The first kappa shape index (κ1) is 8.80. The van der Waals surface area contributed by atoms with Gasteiger partial charge >= 0.3 is 0 Å². The highest BCUT2D eigenvalue weighted by atomic mass is 79.9. The Kier molecular flexibility index (Phi) is 2.59. The Hall–Kier alpha value is 0.220. The van der Waals surface area contributed by atoms with Crippen LogP contribution in [0.3, 0.4) is 0 Å². The monoisotopic (exact) mass is 228 g/mol. The molecule has 0 saturated heterocycles. The summed E-state index contributed by atoms with van der Waals surface area (Å²) in [6.07, 6.45) is 12.4. The van der Waals surface area contributed by atoms with Crippen molar-refractivity contribution in [2.24, 2.45) is 5.41 Å². The highest BCUT2D eigenvalue weighted by Gasteiger charge is 2.36. The summed E-state index contributed by atoms with van der Waals surface area (Å²) in [7, 11) is 0. The van der Waals surface area contributed by atoms with Gasteiger partial charge in [-0.15, -0.1) is 0 Å². The Morgan fingerprint density at radius 1 is 1.33 bits per heavy atom. The van der Waals surface area contributed by atoms with Gasteiger partial charge in [0.25, 0.3) is 0 Å². The molecule has 0 radical (unpaired) electrons. The summed E-state index contributed by atoms with van der Waals surface area (Å²) >= 11 is 3.66. The first-order chi connectivity index (χ1) is 5.85. The number of hydrogen-bond donors (Lipinski definition) is 0. The van der Waals surface area contributed by atoms with Crippen molar-refractivity contribution in [2.75, 3.05) is 5.33 Å². The lowest BCUT2D eigenvalue weighted by Crippen LogP contribution is -2.31. The van der Waals surface area contributed by atoms with Gasteiger partial charge < -0.3 is 0 Å². The zero-order chi connectivity index (χ0) is 8.44. The van der Waals surface area contributed by atoms with Crippen LogP contribution < -0.4 is 0 Å². The second-order valence-corrected chi connectivity index (χ2v) is 4.98. The van der Waals surface area contributed by atoms with Gasteiger partial charge in [0, 0.05) is 5.33 Å². The highest BCUT2D eigenvalue weighted by molar-refractivity contribution is 9.09. The summed E-state index contributed by atoms with van der Waals surface area (Å²) in [5.41, 5.74) is 2.42. The third-order valence-corrected chi connectivity index (χ3v) is 4.62. The van der Waals surface area contributed by atoms with Crippen molar-refractivity contribution in [3.8, 4) is 0 Å². The SMILES string of the molecule is BrCC1(CC2=CCCC2)CCC1. The Morgan fingerprint density at radius 2 is 2.17 bits per heavy atom. The molecule has 68 valence electrons. The van der Waals surface area contributed by atoms with Crippen molar-refractivity contribution < 1.29 is 0 Å². The van der Waals surface area contributed by atoms with Crippen LogP contribution in [0.2, 0.25) is 0 Å². The minimum absolute atomic E-state index is 0.677. The summed E-state index contributed by atoms with van der Waals surface area (Å²) in [6.45, 7) is 0. The van der Waals surface area contributed by atoms with Crippen molar-refractivity contribution in [2.45, 2.75) is 44.9 Å². The first-order valence-electron chi connectivity index (χ1n) is 5.09. The van der Waals surface area contributed by atoms with Crippen LogP contribution in [0.4, 0.5) is 0 Å². The molecule has 0 nitrogen and oxygen atoms in total. The fourth-order valence-electron chi connectivity index (χ4n) is 2.41. The fourth-order valence-corrected chi connectivity index (χ4v) is 3.17. The van der Waals surface area contributed by atoms with E-state index < -0.39 is 0 Å². The maximum atomic E-state index is 3.66. The van der Waals surface area contributed by atoms with E-state index in [1.807, 2.05) is 0 Å². The van der Waals surface area contributed by atoms with Crippen molar-refractivity contribution >= 4 is 15.9 Å². The standard InChI is InChI=1S/C11H17Br/c12-9-11(6-3-7-11)8-10-4-1-2-5-10/h4H,1-3,5-9H2. The van der Waals surface area contributed by atoms with Gasteiger partial charge in [0.15, 0.2) is 0 Å². The summed E-state index contributed by atoms with van der Waals surface area (Å²) in [5, 5.41) is 1.22. The third-order valence-electron chi connectivity index (χ3n) is 3.43. The van der Waals surface area contributed by atoms with Crippen LogP contribution >= 0.6 is 15.9 Å². The second kappa shape index (κ2) is 3.53. The van der Waals surface area contributed by atoms with Crippen molar-refractivity contribution in [3.63, 3.8) is 0 Å². The van der Waals surface area contributed by atoms with Gasteiger partial charge in [-0.05, 0) is 43.9 Å². The highest BCUT2D eigenvalue weighted by Crippen LogP contribution is 2.48. The van der Waals surface area contributed by atoms with Crippen molar-refractivity contribution in [1.29, 1.82) is 0 Å². The zero-order valence-electron chi connectivity index (χ0n) is 7.61. The lowest BCUT2D eigenvalue weighted by molar-refractivity contribution is 0.169. The molecule has 0 amide bonds. The molecule has 0 bridgehead atoms. The van der Waals surface area contributed by atoms with E-state index in [1.165, 1.54) is 50.3 Å². The predicted molar refractivity (Wildman–Crippen MR) is 56.6 cm³/mol. The summed E-state index contributed by atoms with van der Waals surface area (Å²) in [4.78, 5) is 0. The molecule has 1 fully saturated rings. The van der Waals surface area contributed by atoms with Crippen LogP contribution in [0, 0.1) is 5.41 Å². The van der Waals surface area contributed by atoms with Crippen molar-refractivity contribution in [1.82, 2.24) is 0 Å². The molecule has 0 heterocycles. The molecule has 1 heteroatoms. The normalized spacial score (nSPS) is 26.6. The van der Waals surface area contributed by atoms with Crippen molar-refractivity contribution in [3.05, 3.63) is 11.6 Å². The van der Waals surface area contributed by atoms with Gasteiger partial charge in [0.05, 0.1) is 0 Å². The average molecular weight is 229 g/mol. The molecule has 0 unspecified atom stereocenters. The minimum atomic E-state index is 0.677. The van der Waals surface area contributed by atoms with Crippen LogP contribution in [0.25, 0.3) is 0 Å². The molecule has 0 aliphatic heterocycles. The van der Waals surface area contributed by atoms with E-state index in [9.17, 15) is 0 Å². The number of alkyl halides is 1. The summed E-state index contributed by atoms with van der Waals surface area (Å²) < 4.78 is 0. The average Bonchev–Trinajstić information content (AvgIpc) is 2.49. The molecule has 1 saturated carbocycles. The molecule has 12 heavy (non-hydrogen) atoms. The van der Waals surface area contributed by atoms with E-state index in [-0.39, 0.29) is 0 Å². The summed E-state index contributed by atoms with van der Waals surface area (Å²) in [5.74, 6) is 0. The number of rotatable bonds is 3. The largest absolute Gasteiger partial charge is 0.0922 e. The van der Waals surface area contributed by atoms with E-state index in [1.54, 1.807) is 5.57 Å². The topological polar surface area (TPSA) is 0 Å². The summed E-state index contributed by atoms with van der Waals surface area (Å²) in [6, 6.07) is 0. The third kappa shape index (κ3) is 1.61. The second-order valence-electron chi connectivity index (χ2n) is 4.42. The number of halogens is 1. The first-order valence-corrected chi connectivity index (χ1v) is 6.21. The van der Waals surface area contributed by atoms with Gasteiger partial charge in [-0.3, -0.25) is 0 Å². The predicted octanol–water partition coefficient (Wildman–Crippen LogP) is 4.05. The number of allylic oxidation sites excluding steroid dienone is 2. The maximum Gasteiger partial charge on any atom is 0.00910 e. The number of hydrogen-bond acceptors (Lipinski definition) is 0. The molecule has 0 spiro atoms. The minimum Gasteiger partial charge on any atom is -0.0922 e. The quantitative estimate of drug-likeness (QED) is 0.505. The van der Waals surface area contributed by atoms with Gasteiger partial charge in [0.2, 0.25) is 0 Å². The molecule has 0 N–H and O–H groups in total. The molecule has 2 aliphatic carbocycles. The zero-order valence-corrected chi connectivity index (χ0v) is 9.20. The van der Waals surface area contributed by atoms with E-state index in [4.69, 9.17) is 0 Å². The van der Waals surface area contributed by atoms with E-state index >= 15 is 0 Å². The van der Waals surface area contributed by atoms with Crippen LogP contribution in [0.5, 0.6) is 0 Å². The Bertz CT molecular complexity index is 184. The molecule has 0 aromatic carbocycles. The molecular weight excluding hydrogens is 212 g/mol. The smallest absolute Gasteiger partial charge is 0.00910 e. The molecule has 0 aromatic rings. The molecule has 2 rings (SSSR count).